The van der Waals surface area contributed by atoms with Crippen LogP contribution in [0.3, 0.4) is 0 Å². The summed E-state index contributed by atoms with van der Waals surface area (Å²) in [5.74, 6) is 0. The van der Waals surface area contributed by atoms with Crippen molar-refractivity contribution in [2.75, 3.05) is 19.7 Å². The fourth-order valence-electron chi connectivity index (χ4n) is 2.71. The molecule has 3 rings (SSSR count). The molecule has 1 aromatic heterocycles. The van der Waals surface area contributed by atoms with Crippen molar-refractivity contribution in [1.29, 1.82) is 0 Å². The van der Waals surface area contributed by atoms with Gasteiger partial charge < -0.3 is 15.0 Å². The number of carbonyl (C=O) groups excluding carboxylic acids is 1. The number of nitrogens with zero attached hydrogens (tertiary/aromatic N) is 2. The van der Waals surface area contributed by atoms with E-state index in [0.29, 0.717) is 12.6 Å². The number of hydrogen-bond donors (Lipinski definition) is 1. The number of thiazole rings is 1. The average Bonchev–Trinajstić information content (AvgIpc) is 2.96. The minimum Gasteiger partial charge on any atom is -0.450 e. The number of fused-ring (bicyclic) bond motifs is 1. The molecule has 1 amide bonds. The Kier molecular flexibility index (Phi) is 4.90. The van der Waals surface area contributed by atoms with Gasteiger partial charge in [0.15, 0.2) is 0 Å². The van der Waals surface area contributed by atoms with Crippen LogP contribution < -0.4 is 5.32 Å². The van der Waals surface area contributed by atoms with Crippen LogP contribution in [0.15, 0.2) is 24.3 Å². The molecular formula is C16H21N3O2S. The molecule has 6 heteroatoms. The molecule has 0 radical (unpaired) electrons. The first-order valence-corrected chi connectivity index (χ1v) is 8.57. The van der Waals surface area contributed by atoms with Gasteiger partial charge in [-0.3, -0.25) is 0 Å². The van der Waals surface area contributed by atoms with Crippen molar-refractivity contribution in [3.63, 3.8) is 0 Å². The Morgan fingerprint density at radius 2 is 2.18 bits per heavy atom. The number of carbonyl (C=O) groups is 1. The zero-order valence-corrected chi connectivity index (χ0v) is 13.6. The third kappa shape index (κ3) is 3.56. The summed E-state index contributed by atoms with van der Waals surface area (Å²) >= 11 is 1.74. The Bertz CT molecular complexity index is 602. The smallest absolute Gasteiger partial charge is 0.409 e. The van der Waals surface area contributed by atoms with Crippen LogP contribution in [0, 0.1) is 0 Å². The summed E-state index contributed by atoms with van der Waals surface area (Å²) in [5, 5.41) is 4.68. The molecule has 22 heavy (non-hydrogen) atoms. The molecule has 118 valence electrons. The number of likely N-dealkylation sites (tertiary alicyclic amines) is 1. The SMILES string of the molecule is CCOC(=O)N1CCC(NCc2nc3ccccc3s2)CC1. The third-order valence-electron chi connectivity index (χ3n) is 3.90. The van der Waals surface area contributed by atoms with Gasteiger partial charge in [-0.25, -0.2) is 9.78 Å². The first kappa shape index (κ1) is 15.2. The second-order valence-corrected chi connectivity index (χ2v) is 6.53. The maximum atomic E-state index is 11.7. The van der Waals surface area contributed by atoms with Crippen molar-refractivity contribution < 1.29 is 9.53 Å². The molecule has 0 aliphatic carbocycles. The quantitative estimate of drug-likeness (QED) is 0.941. The van der Waals surface area contributed by atoms with Crippen LogP contribution in [0.1, 0.15) is 24.8 Å². The van der Waals surface area contributed by atoms with Crippen LogP contribution in [0.2, 0.25) is 0 Å². The second kappa shape index (κ2) is 7.07. The van der Waals surface area contributed by atoms with Crippen LogP contribution in [0.25, 0.3) is 10.2 Å². The lowest BCUT2D eigenvalue weighted by molar-refractivity contribution is 0.0950. The standard InChI is InChI=1S/C16H21N3O2S/c1-2-21-16(20)19-9-7-12(8-10-19)17-11-15-18-13-5-3-4-6-14(13)22-15/h3-6,12,17H,2,7-11H2,1H3. The predicted molar refractivity (Wildman–Crippen MR) is 88.1 cm³/mol. The van der Waals surface area contributed by atoms with E-state index in [0.717, 1.165) is 43.0 Å². The minimum atomic E-state index is -0.188. The Labute approximate surface area is 134 Å². The first-order chi connectivity index (χ1) is 10.8. The van der Waals surface area contributed by atoms with E-state index in [4.69, 9.17) is 4.74 Å². The Hall–Kier alpha value is -1.66. The lowest BCUT2D eigenvalue weighted by Crippen LogP contribution is -2.44. The topological polar surface area (TPSA) is 54.5 Å². The number of benzene rings is 1. The van der Waals surface area contributed by atoms with Gasteiger partial charge in [-0.05, 0) is 31.9 Å². The van der Waals surface area contributed by atoms with Gasteiger partial charge in [0.2, 0.25) is 0 Å². The molecule has 2 aromatic rings. The molecule has 0 bridgehead atoms. The molecule has 1 saturated heterocycles. The number of amides is 1. The largest absolute Gasteiger partial charge is 0.450 e. The predicted octanol–water partition coefficient (Wildman–Crippen LogP) is 3.01. The molecule has 1 aliphatic heterocycles. The second-order valence-electron chi connectivity index (χ2n) is 5.42. The van der Waals surface area contributed by atoms with Crippen molar-refractivity contribution in [2.24, 2.45) is 0 Å². The number of nitrogens with one attached hydrogen (secondary N) is 1. The number of para-hydroxylation sites is 1. The molecule has 0 saturated carbocycles. The van der Waals surface area contributed by atoms with Crippen LogP contribution in [0.4, 0.5) is 4.79 Å². The van der Waals surface area contributed by atoms with Gasteiger partial charge in [-0.15, -0.1) is 11.3 Å². The van der Waals surface area contributed by atoms with E-state index in [1.165, 1.54) is 4.70 Å². The summed E-state index contributed by atoms with van der Waals surface area (Å²) in [6.45, 7) is 4.59. The van der Waals surface area contributed by atoms with Gasteiger partial charge in [-0.1, -0.05) is 12.1 Å². The van der Waals surface area contributed by atoms with Crippen LogP contribution >= 0.6 is 11.3 Å². The molecule has 2 heterocycles. The zero-order chi connectivity index (χ0) is 15.4. The summed E-state index contributed by atoms with van der Waals surface area (Å²) in [6, 6.07) is 8.66. The maximum absolute atomic E-state index is 11.7. The van der Waals surface area contributed by atoms with E-state index in [-0.39, 0.29) is 6.09 Å². The van der Waals surface area contributed by atoms with Crippen molar-refractivity contribution >= 4 is 27.6 Å². The van der Waals surface area contributed by atoms with E-state index < -0.39 is 0 Å². The Morgan fingerprint density at radius 3 is 2.91 bits per heavy atom. The van der Waals surface area contributed by atoms with Crippen molar-refractivity contribution in [1.82, 2.24) is 15.2 Å². The van der Waals surface area contributed by atoms with Gasteiger partial charge in [0.1, 0.15) is 5.01 Å². The van der Waals surface area contributed by atoms with E-state index in [1.807, 2.05) is 25.1 Å². The first-order valence-electron chi connectivity index (χ1n) is 7.76. The molecule has 0 atom stereocenters. The number of rotatable bonds is 4. The number of ether oxygens (including phenoxy) is 1. The molecule has 0 unspecified atom stereocenters. The molecular weight excluding hydrogens is 298 g/mol. The molecule has 1 N–H and O–H groups in total. The molecule has 1 fully saturated rings. The van der Waals surface area contributed by atoms with E-state index in [9.17, 15) is 4.79 Å². The molecule has 0 spiro atoms. The van der Waals surface area contributed by atoms with Crippen LogP contribution in [-0.2, 0) is 11.3 Å². The molecule has 1 aliphatic rings. The van der Waals surface area contributed by atoms with Crippen molar-refractivity contribution in [3.05, 3.63) is 29.3 Å². The summed E-state index contributed by atoms with van der Waals surface area (Å²) in [6.07, 6.45) is 1.74. The number of aromatic nitrogens is 1. The maximum Gasteiger partial charge on any atom is 0.409 e. The summed E-state index contributed by atoms with van der Waals surface area (Å²) in [7, 11) is 0. The van der Waals surface area contributed by atoms with Crippen LogP contribution in [0.5, 0.6) is 0 Å². The Morgan fingerprint density at radius 1 is 1.41 bits per heavy atom. The van der Waals surface area contributed by atoms with Gasteiger partial charge in [-0.2, -0.15) is 0 Å². The van der Waals surface area contributed by atoms with Gasteiger partial charge in [0.25, 0.3) is 0 Å². The highest BCUT2D eigenvalue weighted by Gasteiger charge is 2.23. The summed E-state index contributed by atoms with van der Waals surface area (Å²) in [5.41, 5.74) is 1.07. The van der Waals surface area contributed by atoms with Gasteiger partial charge >= 0.3 is 6.09 Å². The zero-order valence-electron chi connectivity index (χ0n) is 12.7. The Balaban J connectivity index is 1.48. The van der Waals surface area contributed by atoms with Crippen molar-refractivity contribution in [3.8, 4) is 0 Å². The van der Waals surface area contributed by atoms with Crippen LogP contribution in [-0.4, -0.2) is 41.7 Å². The average molecular weight is 319 g/mol. The fourth-order valence-corrected chi connectivity index (χ4v) is 3.63. The summed E-state index contributed by atoms with van der Waals surface area (Å²) in [4.78, 5) is 18.1. The van der Waals surface area contributed by atoms with E-state index >= 15 is 0 Å². The lowest BCUT2D eigenvalue weighted by atomic mass is 10.1. The lowest BCUT2D eigenvalue weighted by Gasteiger charge is -2.31. The number of piperidine rings is 1. The highest BCUT2D eigenvalue weighted by molar-refractivity contribution is 7.18. The van der Waals surface area contributed by atoms with E-state index in [2.05, 4.69) is 16.4 Å². The minimum absolute atomic E-state index is 0.188. The highest BCUT2D eigenvalue weighted by Crippen LogP contribution is 2.21. The fraction of sp³-hybridized carbons (Fsp3) is 0.500. The normalized spacial score (nSPS) is 16.1. The van der Waals surface area contributed by atoms with E-state index in [1.54, 1.807) is 16.2 Å². The number of hydrogen-bond acceptors (Lipinski definition) is 5. The molecule has 1 aromatic carbocycles. The van der Waals surface area contributed by atoms with Gasteiger partial charge in [0.05, 0.1) is 16.8 Å². The van der Waals surface area contributed by atoms with Crippen molar-refractivity contribution in [2.45, 2.75) is 32.4 Å². The summed E-state index contributed by atoms with van der Waals surface area (Å²) < 4.78 is 6.27. The molecule has 5 nitrogen and oxygen atoms in total. The van der Waals surface area contributed by atoms with Gasteiger partial charge in [0, 0.05) is 25.7 Å². The third-order valence-corrected chi connectivity index (χ3v) is 4.94. The highest BCUT2D eigenvalue weighted by atomic mass is 32.1. The monoisotopic (exact) mass is 319 g/mol.